The number of nitrogens with one attached hydrogen (secondary N) is 2. The minimum atomic E-state index is -1.83. The highest BCUT2D eigenvalue weighted by atomic mass is 16.4. The number of nitrogens with two attached hydrogens (primary N) is 4. The molecule has 0 fully saturated rings. The molecule has 0 aromatic heterocycles. The van der Waals surface area contributed by atoms with Crippen LogP contribution >= 0.6 is 0 Å². The van der Waals surface area contributed by atoms with Crippen molar-refractivity contribution in [3.63, 3.8) is 0 Å². The highest BCUT2D eigenvalue weighted by Crippen LogP contribution is 2.16. The Morgan fingerprint density at radius 3 is 2.29 bits per heavy atom. The van der Waals surface area contributed by atoms with Crippen LogP contribution in [0.3, 0.4) is 0 Å². The third-order valence-electron chi connectivity index (χ3n) is 4.92. The molecule has 2 aromatic carbocycles. The van der Waals surface area contributed by atoms with Crippen molar-refractivity contribution in [2.75, 3.05) is 6.54 Å². The Bertz CT molecular complexity index is 1040. The Hall–Kier alpha value is -4.10. The van der Waals surface area contributed by atoms with Crippen LogP contribution in [0.4, 0.5) is 5.69 Å². The van der Waals surface area contributed by atoms with Gasteiger partial charge in [0, 0.05) is 18.5 Å². The summed E-state index contributed by atoms with van der Waals surface area (Å²) < 4.78 is 0. The van der Waals surface area contributed by atoms with Gasteiger partial charge >= 0.3 is 7.12 Å². The first-order chi connectivity index (χ1) is 16.7. The molecule has 186 valence electrons. The third-order valence-corrected chi connectivity index (χ3v) is 4.92. The maximum absolute atomic E-state index is 13.1. The predicted octanol–water partition coefficient (Wildman–Crippen LogP) is -1.52. The summed E-state index contributed by atoms with van der Waals surface area (Å²) in [6.07, 6.45) is 0.683. The second-order valence-corrected chi connectivity index (χ2v) is 7.78. The lowest BCUT2D eigenvalue weighted by Crippen LogP contribution is -2.54. The minimum Gasteiger partial charge on any atom is -0.426 e. The van der Waals surface area contributed by atoms with Gasteiger partial charge < -0.3 is 43.6 Å². The van der Waals surface area contributed by atoms with Gasteiger partial charge in [-0.15, -0.1) is 0 Å². The monoisotopic (exact) mass is 482 g/mol. The second kappa shape index (κ2) is 13.6. The largest absolute Gasteiger partial charge is 0.475 e. The molecule has 0 aliphatic heterocycles. The lowest BCUT2D eigenvalue weighted by molar-refractivity contribution is -0.123. The Morgan fingerprint density at radius 2 is 1.66 bits per heavy atom. The van der Waals surface area contributed by atoms with E-state index >= 15 is 0 Å². The Morgan fingerprint density at radius 1 is 0.943 bits per heavy atom. The molecule has 12 nitrogen and oxygen atoms in total. The molecular formula is C22H31BN8O4. The van der Waals surface area contributed by atoms with E-state index in [0.29, 0.717) is 23.2 Å². The van der Waals surface area contributed by atoms with Gasteiger partial charge in [0.05, 0.1) is 11.6 Å². The van der Waals surface area contributed by atoms with E-state index in [-0.39, 0.29) is 31.3 Å². The summed E-state index contributed by atoms with van der Waals surface area (Å²) in [5.41, 5.74) is 23.0. The summed E-state index contributed by atoms with van der Waals surface area (Å²) in [6.45, 7) is 0.257. The zero-order valence-corrected chi connectivity index (χ0v) is 19.2. The van der Waals surface area contributed by atoms with E-state index in [1.807, 2.05) is 0 Å². The van der Waals surface area contributed by atoms with Crippen LogP contribution in [0.15, 0.2) is 64.6 Å². The van der Waals surface area contributed by atoms with E-state index in [1.165, 1.54) is 0 Å². The van der Waals surface area contributed by atoms with E-state index in [4.69, 9.17) is 22.9 Å². The van der Waals surface area contributed by atoms with E-state index < -0.39 is 30.9 Å². The van der Waals surface area contributed by atoms with Crippen molar-refractivity contribution in [1.29, 1.82) is 0 Å². The van der Waals surface area contributed by atoms with Crippen LogP contribution in [0.1, 0.15) is 28.8 Å². The summed E-state index contributed by atoms with van der Waals surface area (Å²) in [7, 11) is -1.83. The molecule has 2 amide bonds. The molecule has 0 aliphatic rings. The van der Waals surface area contributed by atoms with Gasteiger partial charge in [0.15, 0.2) is 11.9 Å². The van der Waals surface area contributed by atoms with Gasteiger partial charge in [0.2, 0.25) is 5.91 Å². The number of aliphatic imine (C=N–C) groups is 2. The van der Waals surface area contributed by atoms with Gasteiger partial charge in [-0.3, -0.25) is 14.6 Å². The zero-order chi connectivity index (χ0) is 25.8. The van der Waals surface area contributed by atoms with Crippen molar-refractivity contribution in [1.82, 2.24) is 10.6 Å². The van der Waals surface area contributed by atoms with Crippen molar-refractivity contribution in [3.05, 3.63) is 65.7 Å². The SMILES string of the molecule is NC(N)=NCCCC(NC(=O)C(Cc1cccc(N=C(N)N)c1)NC(=O)c1ccccc1)B(O)O. The number of carbonyl (C=O) groups excluding carboxylic acids is 2. The number of guanidine groups is 2. The smallest absolute Gasteiger partial charge is 0.426 e. The van der Waals surface area contributed by atoms with E-state index in [1.54, 1.807) is 54.6 Å². The van der Waals surface area contributed by atoms with Gasteiger partial charge in [-0.2, -0.15) is 0 Å². The molecule has 0 spiro atoms. The van der Waals surface area contributed by atoms with Gasteiger partial charge in [0.25, 0.3) is 5.91 Å². The molecule has 0 heterocycles. The molecule has 0 saturated heterocycles. The van der Waals surface area contributed by atoms with Crippen LogP contribution in [0, 0.1) is 0 Å². The van der Waals surface area contributed by atoms with Crippen molar-refractivity contribution in [2.24, 2.45) is 32.9 Å². The van der Waals surface area contributed by atoms with E-state index in [0.717, 1.165) is 0 Å². The Labute approximate surface area is 203 Å². The van der Waals surface area contributed by atoms with Gasteiger partial charge in [-0.05, 0) is 42.7 Å². The maximum atomic E-state index is 13.1. The van der Waals surface area contributed by atoms with Crippen molar-refractivity contribution in [2.45, 2.75) is 31.2 Å². The second-order valence-electron chi connectivity index (χ2n) is 7.78. The van der Waals surface area contributed by atoms with Gasteiger partial charge in [0.1, 0.15) is 6.04 Å². The van der Waals surface area contributed by atoms with Crippen LogP contribution in [-0.4, -0.2) is 59.4 Å². The highest BCUT2D eigenvalue weighted by Gasteiger charge is 2.29. The van der Waals surface area contributed by atoms with Crippen LogP contribution < -0.4 is 33.6 Å². The fraction of sp³-hybridized carbons (Fsp3) is 0.273. The van der Waals surface area contributed by atoms with Crippen LogP contribution in [0.2, 0.25) is 0 Å². The fourth-order valence-corrected chi connectivity index (χ4v) is 3.28. The molecule has 2 atom stereocenters. The normalized spacial score (nSPS) is 12.1. The topological polar surface area (TPSA) is 227 Å². The van der Waals surface area contributed by atoms with Crippen LogP contribution in [0.25, 0.3) is 0 Å². The molecular weight excluding hydrogens is 451 g/mol. The molecule has 13 heteroatoms. The molecule has 2 aromatic rings. The lowest BCUT2D eigenvalue weighted by atomic mass is 9.76. The minimum absolute atomic E-state index is 0.0817. The number of hydrogen-bond acceptors (Lipinski definition) is 6. The summed E-state index contributed by atoms with van der Waals surface area (Å²) in [6, 6.07) is 14.2. The van der Waals surface area contributed by atoms with Gasteiger partial charge in [-0.25, -0.2) is 4.99 Å². The third kappa shape index (κ3) is 9.74. The summed E-state index contributed by atoms with van der Waals surface area (Å²) in [5.74, 6) is -2.25. The molecule has 0 aliphatic carbocycles. The molecule has 2 unspecified atom stereocenters. The molecule has 0 radical (unpaired) electrons. The number of nitrogens with zero attached hydrogens (tertiary/aromatic N) is 2. The highest BCUT2D eigenvalue weighted by molar-refractivity contribution is 6.43. The molecule has 35 heavy (non-hydrogen) atoms. The fourth-order valence-electron chi connectivity index (χ4n) is 3.28. The lowest BCUT2D eigenvalue weighted by Gasteiger charge is -2.23. The summed E-state index contributed by atoms with van der Waals surface area (Å²) in [5, 5.41) is 24.8. The molecule has 2 rings (SSSR count). The number of rotatable bonds is 12. The molecule has 0 saturated carbocycles. The number of amides is 2. The average molecular weight is 482 g/mol. The first-order valence-electron chi connectivity index (χ1n) is 10.9. The zero-order valence-electron chi connectivity index (χ0n) is 19.2. The van der Waals surface area contributed by atoms with Crippen molar-refractivity contribution in [3.8, 4) is 0 Å². The van der Waals surface area contributed by atoms with Crippen LogP contribution in [0.5, 0.6) is 0 Å². The maximum Gasteiger partial charge on any atom is 0.475 e. The summed E-state index contributed by atoms with van der Waals surface area (Å²) in [4.78, 5) is 33.8. The first kappa shape index (κ1) is 27.2. The Balaban J connectivity index is 2.21. The quantitative estimate of drug-likeness (QED) is 0.0765. The summed E-state index contributed by atoms with van der Waals surface area (Å²) >= 11 is 0. The molecule has 12 N–H and O–H groups in total. The van der Waals surface area contributed by atoms with E-state index in [2.05, 4.69) is 20.6 Å². The van der Waals surface area contributed by atoms with Gasteiger partial charge in [-0.1, -0.05) is 30.3 Å². The predicted molar refractivity (Wildman–Crippen MR) is 135 cm³/mol. The average Bonchev–Trinajstić information content (AvgIpc) is 2.80. The van der Waals surface area contributed by atoms with Crippen LogP contribution in [-0.2, 0) is 11.2 Å². The standard InChI is InChI=1S/C22H31BN8O4/c24-21(25)28-11-5-10-18(23(34)35)31-20(33)17(30-19(32)15-7-2-1-3-8-15)13-14-6-4-9-16(12-14)29-22(26)27/h1-4,6-9,12,17-18,34-35H,5,10-11,13H2,(H,30,32)(H,31,33)(H4,24,25,28)(H4,26,27,29). The first-order valence-corrected chi connectivity index (χ1v) is 10.9. The molecule has 0 bridgehead atoms. The Kier molecular flexibility index (Phi) is 10.5. The van der Waals surface area contributed by atoms with E-state index in [9.17, 15) is 19.6 Å². The number of hydrogen-bond donors (Lipinski definition) is 8. The van der Waals surface area contributed by atoms with Crippen molar-refractivity contribution >= 4 is 36.5 Å². The van der Waals surface area contributed by atoms with Crippen molar-refractivity contribution < 1.29 is 19.6 Å². The number of benzene rings is 2. The number of carbonyl (C=O) groups is 2.